The molecule has 1 amide bonds. The van der Waals surface area contributed by atoms with Crippen LogP contribution < -0.4 is 5.32 Å². The smallest absolute Gasteiger partial charge is 0.407 e. The first kappa shape index (κ1) is 17.5. The summed E-state index contributed by atoms with van der Waals surface area (Å²) < 4.78 is 5.06. The van der Waals surface area contributed by atoms with E-state index in [1.165, 1.54) is 0 Å². The molecule has 19 heavy (non-hydrogen) atoms. The van der Waals surface area contributed by atoms with Gasteiger partial charge in [0.2, 0.25) is 0 Å². The summed E-state index contributed by atoms with van der Waals surface area (Å²) in [6, 6.07) is -0.880. The van der Waals surface area contributed by atoms with Crippen LogP contribution in [0, 0.1) is 5.41 Å². The maximum Gasteiger partial charge on any atom is 0.407 e. The van der Waals surface area contributed by atoms with E-state index in [-0.39, 0.29) is 12.0 Å². The van der Waals surface area contributed by atoms with Crippen molar-refractivity contribution in [3.63, 3.8) is 0 Å². The van der Waals surface area contributed by atoms with Gasteiger partial charge in [-0.15, -0.1) is 6.58 Å². The molecular formula is C14H25NO4. The van der Waals surface area contributed by atoms with Gasteiger partial charge in [0.15, 0.2) is 0 Å². The molecule has 0 spiro atoms. The van der Waals surface area contributed by atoms with Crippen LogP contribution in [0.3, 0.4) is 0 Å². The predicted octanol–water partition coefficient (Wildman–Crippen LogP) is 2.96. The van der Waals surface area contributed by atoms with Gasteiger partial charge in [-0.25, -0.2) is 9.59 Å². The van der Waals surface area contributed by atoms with Gasteiger partial charge in [-0.05, 0) is 12.8 Å². The van der Waals surface area contributed by atoms with E-state index in [0.717, 1.165) is 19.3 Å². The number of hydrogen-bond acceptors (Lipinski definition) is 3. The number of unbranched alkanes of at least 4 members (excludes halogenated alkanes) is 1. The molecule has 0 rings (SSSR count). The third-order valence-electron chi connectivity index (χ3n) is 2.73. The minimum atomic E-state index is -1.03. The number of carbonyl (C=O) groups is 2. The van der Waals surface area contributed by atoms with Gasteiger partial charge < -0.3 is 15.2 Å². The fourth-order valence-corrected chi connectivity index (χ4v) is 1.56. The topological polar surface area (TPSA) is 75.6 Å². The van der Waals surface area contributed by atoms with Crippen LogP contribution in [0.15, 0.2) is 12.7 Å². The van der Waals surface area contributed by atoms with Gasteiger partial charge in [0, 0.05) is 5.41 Å². The Hall–Kier alpha value is -1.52. The van der Waals surface area contributed by atoms with E-state index in [1.54, 1.807) is 6.08 Å². The van der Waals surface area contributed by atoms with Crippen LogP contribution in [0.4, 0.5) is 4.79 Å². The van der Waals surface area contributed by atoms with Gasteiger partial charge in [-0.2, -0.15) is 0 Å². The second-order valence-electron chi connectivity index (χ2n) is 5.41. The SMILES string of the molecule is C=CCC(C)(C)COC(=O)N[C@@H](CCCC)C(=O)O. The zero-order valence-electron chi connectivity index (χ0n) is 12.1. The first-order chi connectivity index (χ1) is 8.82. The Morgan fingerprint density at radius 1 is 1.47 bits per heavy atom. The molecule has 0 aliphatic heterocycles. The average molecular weight is 271 g/mol. The van der Waals surface area contributed by atoms with Crippen LogP contribution in [0.25, 0.3) is 0 Å². The number of ether oxygens (including phenoxy) is 1. The number of rotatable bonds is 9. The number of carboxylic acid groups (broad SMARTS) is 1. The molecule has 0 fully saturated rings. The Morgan fingerprint density at radius 2 is 2.11 bits per heavy atom. The number of alkyl carbamates (subject to hydrolysis) is 1. The fourth-order valence-electron chi connectivity index (χ4n) is 1.56. The third kappa shape index (κ3) is 8.24. The monoisotopic (exact) mass is 271 g/mol. The van der Waals surface area contributed by atoms with Gasteiger partial charge in [-0.1, -0.05) is 39.7 Å². The van der Waals surface area contributed by atoms with Crippen LogP contribution in [0.5, 0.6) is 0 Å². The van der Waals surface area contributed by atoms with E-state index < -0.39 is 18.1 Å². The molecule has 5 nitrogen and oxygen atoms in total. The lowest BCUT2D eigenvalue weighted by Gasteiger charge is -2.23. The van der Waals surface area contributed by atoms with Gasteiger partial charge in [0.1, 0.15) is 6.04 Å². The van der Waals surface area contributed by atoms with Crippen molar-refractivity contribution in [1.82, 2.24) is 5.32 Å². The van der Waals surface area contributed by atoms with E-state index >= 15 is 0 Å². The second-order valence-corrected chi connectivity index (χ2v) is 5.41. The number of allylic oxidation sites excluding steroid dienone is 1. The summed E-state index contributed by atoms with van der Waals surface area (Å²) in [4.78, 5) is 22.5. The van der Waals surface area contributed by atoms with E-state index in [9.17, 15) is 9.59 Å². The lowest BCUT2D eigenvalue weighted by atomic mass is 9.91. The van der Waals surface area contributed by atoms with Crippen molar-refractivity contribution in [1.29, 1.82) is 0 Å². The maximum atomic E-state index is 11.5. The van der Waals surface area contributed by atoms with Crippen LogP contribution in [-0.4, -0.2) is 29.8 Å². The molecule has 0 aliphatic carbocycles. The molecule has 0 saturated heterocycles. The van der Waals surface area contributed by atoms with Gasteiger partial charge in [0.25, 0.3) is 0 Å². The van der Waals surface area contributed by atoms with Crippen molar-refractivity contribution < 1.29 is 19.4 Å². The number of nitrogens with one attached hydrogen (secondary N) is 1. The molecule has 0 aliphatic rings. The van der Waals surface area contributed by atoms with E-state index in [1.807, 2.05) is 20.8 Å². The number of carbonyl (C=O) groups excluding carboxylic acids is 1. The van der Waals surface area contributed by atoms with Crippen molar-refractivity contribution in [3.05, 3.63) is 12.7 Å². The summed E-state index contributed by atoms with van der Waals surface area (Å²) >= 11 is 0. The quantitative estimate of drug-likeness (QED) is 0.632. The molecular weight excluding hydrogens is 246 g/mol. The summed E-state index contributed by atoms with van der Waals surface area (Å²) in [7, 11) is 0. The van der Waals surface area contributed by atoms with E-state index in [0.29, 0.717) is 6.42 Å². The highest BCUT2D eigenvalue weighted by molar-refractivity contribution is 5.79. The molecule has 0 radical (unpaired) electrons. The largest absolute Gasteiger partial charge is 0.480 e. The van der Waals surface area contributed by atoms with Crippen LogP contribution in [0.1, 0.15) is 46.5 Å². The second kappa shape index (κ2) is 8.56. The normalized spacial score (nSPS) is 12.6. The fraction of sp³-hybridized carbons (Fsp3) is 0.714. The van der Waals surface area contributed by atoms with Gasteiger partial charge >= 0.3 is 12.1 Å². The molecule has 0 aromatic heterocycles. The Balaban J connectivity index is 4.19. The summed E-state index contributed by atoms with van der Waals surface area (Å²) in [6.45, 7) is 9.74. The van der Waals surface area contributed by atoms with E-state index in [4.69, 9.17) is 9.84 Å². The Labute approximate surface area is 115 Å². The maximum absolute atomic E-state index is 11.5. The van der Waals surface area contributed by atoms with Gasteiger partial charge in [0.05, 0.1) is 6.61 Å². The third-order valence-corrected chi connectivity index (χ3v) is 2.73. The zero-order valence-corrected chi connectivity index (χ0v) is 12.1. The predicted molar refractivity (Wildman–Crippen MR) is 74.0 cm³/mol. The molecule has 0 bridgehead atoms. The molecule has 1 atom stereocenters. The van der Waals surface area contributed by atoms with Gasteiger partial charge in [-0.3, -0.25) is 0 Å². The zero-order chi connectivity index (χ0) is 14.9. The number of carboxylic acids is 1. The highest BCUT2D eigenvalue weighted by Gasteiger charge is 2.22. The minimum absolute atomic E-state index is 0.193. The lowest BCUT2D eigenvalue weighted by molar-refractivity contribution is -0.139. The van der Waals surface area contributed by atoms with Crippen molar-refractivity contribution in [2.75, 3.05) is 6.61 Å². The van der Waals surface area contributed by atoms with Crippen molar-refractivity contribution in [2.24, 2.45) is 5.41 Å². The highest BCUT2D eigenvalue weighted by Crippen LogP contribution is 2.20. The molecule has 0 saturated carbocycles. The molecule has 0 aromatic rings. The van der Waals surface area contributed by atoms with Crippen LogP contribution >= 0.6 is 0 Å². The lowest BCUT2D eigenvalue weighted by Crippen LogP contribution is -2.41. The first-order valence-electron chi connectivity index (χ1n) is 6.59. The van der Waals surface area contributed by atoms with E-state index in [2.05, 4.69) is 11.9 Å². The summed E-state index contributed by atoms with van der Waals surface area (Å²) in [5.41, 5.74) is -0.193. The van der Waals surface area contributed by atoms with Crippen molar-refractivity contribution in [3.8, 4) is 0 Å². The molecule has 0 heterocycles. The minimum Gasteiger partial charge on any atom is -0.480 e. The summed E-state index contributed by atoms with van der Waals surface area (Å²) in [5.74, 6) is -1.03. The summed E-state index contributed by atoms with van der Waals surface area (Å²) in [5, 5.41) is 11.4. The Bertz CT molecular complexity index is 313. The average Bonchev–Trinajstić information content (AvgIpc) is 2.31. The van der Waals surface area contributed by atoms with Crippen LogP contribution in [0.2, 0.25) is 0 Å². The molecule has 2 N–H and O–H groups in total. The van der Waals surface area contributed by atoms with Crippen molar-refractivity contribution in [2.45, 2.75) is 52.5 Å². The highest BCUT2D eigenvalue weighted by atomic mass is 16.5. The number of hydrogen-bond donors (Lipinski definition) is 2. The number of aliphatic carboxylic acids is 1. The molecule has 5 heteroatoms. The molecule has 110 valence electrons. The Morgan fingerprint density at radius 3 is 2.58 bits per heavy atom. The first-order valence-corrected chi connectivity index (χ1v) is 6.59. The van der Waals surface area contributed by atoms with Crippen molar-refractivity contribution >= 4 is 12.1 Å². The van der Waals surface area contributed by atoms with Crippen LogP contribution in [-0.2, 0) is 9.53 Å². The molecule has 0 unspecified atom stereocenters. The Kier molecular flexibility index (Phi) is 7.87. The number of amides is 1. The molecule has 0 aromatic carbocycles. The standard InChI is InChI=1S/C14H25NO4/c1-5-7-8-11(12(16)17)15-13(18)19-10-14(3,4)9-6-2/h6,11H,2,5,7-10H2,1,3-4H3,(H,15,18)(H,16,17)/t11-/m0/s1. The summed E-state index contributed by atoms with van der Waals surface area (Å²) in [6.07, 6.45) is 3.85.